The Labute approximate surface area is 190 Å². The summed E-state index contributed by atoms with van der Waals surface area (Å²) in [6.45, 7) is 7.82. The molecule has 7 heteroatoms. The molecule has 0 heterocycles. The molecule has 0 spiro atoms. The van der Waals surface area contributed by atoms with Gasteiger partial charge in [-0.2, -0.15) is 13.2 Å². The lowest BCUT2D eigenvalue weighted by Crippen LogP contribution is -2.56. The number of alkyl halides is 3. The lowest BCUT2D eigenvalue weighted by molar-refractivity contribution is -0.157. The van der Waals surface area contributed by atoms with Crippen molar-refractivity contribution >= 4 is 29.0 Å². The first-order valence-electron chi connectivity index (χ1n) is 10.3. The van der Waals surface area contributed by atoms with Crippen molar-refractivity contribution in [1.29, 1.82) is 0 Å². The van der Waals surface area contributed by atoms with Gasteiger partial charge in [0.1, 0.15) is 5.92 Å². The Hall–Kier alpha value is -2.47. The first-order chi connectivity index (χ1) is 14.6. The van der Waals surface area contributed by atoms with Gasteiger partial charge in [0.25, 0.3) is 0 Å². The first kappa shape index (κ1) is 24.2. The Morgan fingerprint density at radius 3 is 1.97 bits per heavy atom. The highest BCUT2D eigenvalue weighted by molar-refractivity contribution is 6.31. The van der Waals surface area contributed by atoms with Gasteiger partial charge in [-0.3, -0.25) is 14.4 Å². The van der Waals surface area contributed by atoms with Crippen LogP contribution in [0.5, 0.6) is 0 Å². The number of Topliss-reactive ketones (excluding diaryl/α,β-unsaturated/α-hetero) is 3. The molecule has 3 rings (SSSR count). The standard InChI is InChI=1S/C25H24ClF3O3/c1-6-13-7-8-14(16-10-9-15(26)12-18(16)25(27,28)29)11-17(13)19-20(30)23(2,3)22(32)24(4,5)21(19)31/h7-12,19H,6H2,1-5H3. The minimum Gasteiger partial charge on any atom is -0.298 e. The van der Waals surface area contributed by atoms with Crippen molar-refractivity contribution in [3.63, 3.8) is 0 Å². The molecule has 0 radical (unpaired) electrons. The topological polar surface area (TPSA) is 51.2 Å². The Kier molecular flexibility index (Phi) is 5.92. The van der Waals surface area contributed by atoms with E-state index in [-0.39, 0.29) is 16.1 Å². The van der Waals surface area contributed by atoms with Gasteiger partial charge < -0.3 is 0 Å². The van der Waals surface area contributed by atoms with E-state index in [1.54, 1.807) is 12.1 Å². The molecule has 0 atom stereocenters. The average Bonchev–Trinajstić information content (AvgIpc) is 2.71. The summed E-state index contributed by atoms with van der Waals surface area (Å²) in [5, 5.41) is -0.0499. The monoisotopic (exact) mass is 464 g/mol. The highest BCUT2D eigenvalue weighted by Crippen LogP contribution is 2.46. The fraction of sp³-hybridized carbons (Fsp3) is 0.400. The van der Waals surface area contributed by atoms with Gasteiger partial charge in [-0.15, -0.1) is 0 Å². The van der Waals surface area contributed by atoms with Crippen LogP contribution in [0.3, 0.4) is 0 Å². The summed E-state index contributed by atoms with van der Waals surface area (Å²) in [6.07, 6.45) is -4.18. The Bertz CT molecular complexity index is 1100. The molecule has 2 aromatic carbocycles. The number of benzene rings is 2. The van der Waals surface area contributed by atoms with Gasteiger partial charge in [-0.05, 0) is 74.6 Å². The van der Waals surface area contributed by atoms with E-state index >= 15 is 0 Å². The van der Waals surface area contributed by atoms with Gasteiger partial charge >= 0.3 is 6.18 Å². The molecule has 1 aliphatic carbocycles. The number of carbonyl (C=O) groups excluding carboxylic acids is 3. The molecule has 1 aliphatic rings. The molecule has 170 valence electrons. The third-order valence-corrected chi connectivity index (χ3v) is 6.56. The van der Waals surface area contributed by atoms with Crippen LogP contribution in [0.1, 0.15) is 57.2 Å². The second kappa shape index (κ2) is 7.84. The molecule has 0 saturated heterocycles. The quantitative estimate of drug-likeness (QED) is 0.491. The lowest BCUT2D eigenvalue weighted by Gasteiger charge is -2.41. The maximum Gasteiger partial charge on any atom is 0.417 e. The van der Waals surface area contributed by atoms with Crippen molar-refractivity contribution in [2.24, 2.45) is 10.8 Å². The van der Waals surface area contributed by atoms with Crippen molar-refractivity contribution in [1.82, 2.24) is 0 Å². The molecule has 0 aromatic heterocycles. The smallest absolute Gasteiger partial charge is 0.298 e. The van der Waals surface area contributed by atoms with Crippen molar-refractivity contribution in [2.45, 2.75) is 53.1 Å². The van der Waals surface area contributed by atoms with Crippen LogP contribution in [0.25, 0.3) is 11.1 Å². The summed E-state index contributed by atoms with van der Waals surface area (Å²) in [5.41, 5.74) is -2.55. The summed E-state index contributed by atoms with van der Waals surface area (Å²) in [5.74, 6) is -2.76. The molecule has 0 amide bonds. The van der Waals surface area contributed by atoms with E-state index in [1.165, 1.54) is 45.9 Å². The Morgan fingerprint density at radius 2 is 1.47 bits per heavy atom. The fourth-order valence-electron chi connectivity index (χ4n) is 4.48. The van der Waals surface area contributed by atoms with Gasteiger partial charge in [0.2, 0.25) is 0 Å². The normalized spacial score (nSPS) is 18.8. The second-order valence-electron chi connectivity index (χ2n) is 9.20. The van der Waals surface area contributed by atoms with E-state index in [0.717, 1.165) is 6.07 Å². The number of carbonyl (C=O) groups is 3. The van der Waals surface area contributed by atoms with Crippen molar-refractivity contribution < 1.29 is 27.6 Å². The van der Waals surface area contributed by atoms with E-state index < -0.39 is 45.8 Å². The molecular weight excluding hydrogens is 441 g/mol. The predicted molar refractivity (Wildman–Crippen MR) is 117 cm³/mol. The molecule has 0 aliphatic heterocycles. The summed E-state index contributed by atoms with van der Waals surface area (Å²) >= 11 is 5.80. The SMILES string of the molecule is CCc1ccc(-c2ccc(Cl)cc2C(F)(F)F)cc1C1C(=O)C(C)(C)C(=O)C(C)(C)C1=O. The number of ketones is 3. The van der Waals surface area contributed by atoms with E-state index in [2.05, 4.69) is 0 Å². The highest BCUT2D eigenvalue weighted by atomic mass is 35.5. The van der Waals surface area contributed by atoms with Crippen LogP contribution in [0.15, 0.2) is 36.4 Å². The number of rotatable bonds is 3. The Balaban J connectivity index is 2.27. The van der Waals surface area contributed by atoms with Crippen molar-refractivity contribution in [3.05, 3.63) is 58.1 Å². The van der Waals surface area contributed by atoms with Gasteiger partial charge in [-0.25, -0.2) is 0 Å². The third kappa shape index (κ3) is 3.79. The predicted octanol–water partition coefficient (Wildman–Crippen LogP) is 6.45. The molecule has 0 N–H and O–H groups in total. The van der Waals surface area contributed by atoms with Crippen LogP contribution in [0.4, 0.5) is 13.2 Å². The minimum atomic E-state index is -4.64. The van der Waals surface area contributed by atoms with Gasteiger partial charge in [0.15, 0.2) is 17.3 Å². The zero-order chi connectivity index (χ0) is 24.2. The van der Waals surface area contributed by atoms with Crippen LogP contribution in [-0.2, 0) is 27.0 Å². The Morgan fingerprint density at radius 1 is 0.906 bits per heavy atom. The third-order valence-electron chi connectivity index (χ3n) is 6.33. The van der Waals surface area contributed by atoms with E-state index in [4.69, 9.17) is 11.6 Å². The summed E-state index contributed by atoms with van der Waals surface area (Å²) in [7, 11) is 0. The molecule has 0 unspecified atom stereocenters. The largest absolute Gasteiger partial charge is 0.417 e. The maximum atomic E-state index is 13.7. The van der Waals surface area contributed by atoms with E-state index in [0.29, 0.717) is 17.5 Å². The summed E-state index contributed by atoms with van der Waals surface area (Å²) in [6, 6.07) is 8.14. The molecular formula is C25H24ClF3O3. The number of hydrogen-bond acceptors (Lipinski definition) is 3. The van der Waals surface area contributed by atoms with Crippen molar-refractivity contribution in [3.8, 4) is 11.1 Å². The van der Waals surface area contributed by atoms with Crippen LogP contribution in [-0.4, -0.2) is 17.3 Å². The summed E-state index contributed by atoms with van der Waals surface area (Å²) < 4.78 is 41.0. The summed E-state index contributed by atoms with van der Waals surface area (Å²) in [4.78, 5) is 39.4. The fourth-order valence-corrected chi connectivity index (χ4v) is 4.66. The number of hydrogen-bond donors (Lipinski definition) is 0. The van der Waals surface area contributed by atoms with Crippen LogP contribution >= 0.6 is 11.6 Å². The molecule has 1 saturated carbocycles. The molecule has 0 bridgehead atoms. The second-order valence-corrected chi connectivity index (χ2v) is 9.63. The highest BCUT2D eigenvalue weighted by Gasteiger charge is 2.58. The van der Waals surface area contributed by atoms with Gasteiger partial charge in [-0.1, -0.05) is 36.7 Å². The van der Waals surface area contributed by atoms with Crippen LogP contribution < -0.4 is 0 Å². The molecule has 1 fully saturated rings. The zero-order valence-electron chi connectivity index (χ0n) is 18.5. The number of aryl methyl sites for hydroxylation is 1. The number of halogens is 4. The molecule has 32 heavy (non-hydrogen) atoms. The molecule has 3 nitrogen and oxygen atoms in total. The van der Waals surface area contributed by atoms with Gasteiger partial charge in [0.05, 0.1) is 16.4 Å². The zero-order valence-corrected chi connectivity index (χ0v) is 19.2. The van der Waals surface area contributed by atoms with E-state index in [1.807, 2.05) is 6.92 Å². The van der Waals surface area contributed by atoms with Gasteiger partial charge in [0, 0.05) is 5.02 Å². The van der Waals surface area contributed by atoms with Crippen molar-refractivity contribution in [2.75, 3.05) is 0 Å². The molecule has 2 aromatic rings. The van der Waals surface area contributed by atoms with E-state index in [9.17, 15) is 27.6 Å². The maximum absolute atomic E-state index is 13.7. The van der Waals surface area contributed by atoms with Crippen LogP contribution in [0.2, 0.25) is 5.02 Å². The average molecular weight is 465 g/mol. The minimum absolute atomic E-state index is 0.0499. The first-order valence-corrected chi connectivity index (χ1v) is 10.6. The van der Waals surface area contributed by atoms with Crippen LogP contribution in [0, 0.1) is 10.8 Å². The lowest BCUT2D eigenvalue weighted by atomic mass is 9.57.